The van der Waals surface area contributed by atoms with E-state index < -0.39 is 0 Å². The third kappa shape index (κ3) is 2.62. The van der Waals surface area contributed by atoms with Crippen molar-refractivity contribution in [1.29, 1.82) is 0 Å². The molecule has 3 heteroatoms. The SMILES string of the molecule is CC(S)NCC1=CCCO1. The second kappa shape index (κ2) is 3.88. The average Bonchev–Trinajstić information content (AvgIpc) is 2.34. The molecule has 0 saturated carbocycles. The van der Waals surface area contributed by atoms with Crippen molar-refractivity contribution in [3.8, 4) is 0 Å². The number of thiol groups is 1. The molecule has 2 nitrogen and oxygen atoms in total. The van der Waals surface area contributed by atoms with Gasteiger partial charge >= 0.3 is 0 Å². The van der Waals surface area contributed by atoms with Crippen LogP contribution in [0.25, 0.3) is 0 Å². The smallest absolute Gasteiger partial charge is 0.106 e. The van der Waals surface area contributed by atoms with Crippen molar-refractivity contribution in [1.82, 2.24) is 5.32 Å². The summed E-state index contributed by atoms with van der Waals surface area (Å²) in [5.41, 5.74) is 0. The van der Waals surface area contributed by atoms with Gasteiger partial charge < -0.3 is 4.74 Å². The molecule has 0 amide bonds. The first-order chi connectivity index (χ1) is 4.79. The third-order valence-electron chi connectivity index (χ3n) is 1.35. The summed E-state index contributed by atoms with van der Waals surface area (Å²) in [6.45, 7) is 3.65. The van der Waals surface area contributed by atoms with Crippen molar-refractivity contribution >= 4 is 12.6 Å². The van der Waals surface area contributed by atoms with Gasteiger partial charge in [-0.2, -0.15) is 12.6 Å². The number of ether oxygens (including phenoxy) is 1. The summed E-state index contributed by atoms with van der Waals surface area (Å²) in [4.78, 5) is 0. The van der Waals surface area contributed by atoms with E-state index in [2.05, 4.69) is 24.0 Å². The number of hydrogen-bond acceptors (Lipinski definition) is 3. The predicted octanol–water partition coefficient (Wildman–Crippen LogP) is 1.16. The van der Waals surface area contributed by atoms with E-state index in [1.54, 1.807) is 0 Å². The fourth-order valence-electron chi connectivity index (χ4n) is 0.840. The van der Waals surface area contributed by atoms with E-state index in [-0.39, 0.29) is 5.37 Å². The van der Waals surface area contributed by atoms with E-state index in [4.69, 9.17) is 4.74 Å². The topological polar surface area (TPSA) is 21.3 Å². The van der Waals surface area contributed by atoms with Gasteiger partial charge in [-0.25, -0.2) is 0 Å². The molecule has 1 aliphatic rings. The lowest BCUT2D eigenvalue weighted by molar-refractivity contribution is 0.236. The molecule has 0 aromatic rings. The van der Waals surface area contributed by atoms with Crippen molar-refractivity contribution in [2.24, 2.45) is 0 Å². The first kappa shape index (κ1) is 7.95. The molecule has 1 aliphatic heterocycles. The zero-order chi connectivity index (χ0) is 7.40. The molecular formula is C7H13NOS. The summed E-state index contributed by atoms with van der Waals surface area (Å²) in [5, 5.41) is 3.40. The Kier molecular flexibility index (Phi) is 3.09. The first-order valence-corrected chi connectivity index (χ1v) is 4.04. The second-order valence-corrected chi connectivity index (χ2v) is 3.14. The molecule has 1 heterocycles. The Morgan fingerprint density at radius 1 is 1.90 bits per heavy atom. The molecule has 1 atom stereocenters. The van der Waals surface area contributed by atoms with Gasteiger partial charge in [-0.3, -0.25) is 5.32 Å². The maximum atomic E-state index is 5.27. The molecule has 0 aliphatic carbocycles. The van der Waals surface area contributed by atoms with Gasteiger partial charge in [-0.1, -0.05) is 0 Å². The van der Waals surface area contributed by atoms with Crippen LogP contribution in [-0.2, 0) is 4.74 Å². The van der Waals surface area contributed by atoms with Gasteiger partial charge in [-0.15, -0.1) is 0 Å². The zero-order valence-corrected chi connectivity index (χ0v) is 7.03. The van der Waals surface area contributed by atoms with Gasteiger partial charge in [0.05, 0.1) is 13.2 Å². The molecule has 0 aromatic carbocycles. The Bertz CT molecular complexity index is 134. The van der Waals surface area contributed by atoms with Crippen LogP contribution < -0.4 is 5.32 Å². The average molecular weight is 159 g/mol. The Morgan fingerprint density at radius 2 is 2.70 bits per heavy atom. The molecule has 0 saturated heterocycles. The fraction of sp³-hybridized carbons (Fsp3) is 0.714. The van der Waals surface area contributed by atoms with Gasteiger partial charge in [0.15, 0.2) is 0 Å². The largest absolute Gasteiger partial charge is 0.497 e. The Morgan fingerprint density at radius 3 is 3.20 bits per heavy atom. The standard InChI is InChI=1S/C7H13NOS/c1-6(10)8-5-7-3-2-4-9-7/h3,6,8,10H,2,4-5H2,1H3. The molecule has 1 unspecified atom stereocenters. The normalized spacial score (nSPS) is 20.0. The number of rotatable bonds is 3. The molecule has 1 rings (SSSR count). The van der Waals surface area contributed by atoms with Crippen LogP contribution in [0.4, 0.5) is 0 Å². The van der Waals surface area contributed by atoms with Crippen LogP contribution in [0.2, 0.25) is 0 Å². The van der Waals surface area contributed by atoms with Crippen LogP contribution in [0.3, 0.4) is 0 Å². The minimum atomic E-state index is 0.241. The highest BCUT2D eigenvalue weighted by molar-refractivity contribution is 7.80. The molecular weight excluding hydrogens is 146 g/mol. The summed E-state index contributed by atoms with van der Waals surface area (Å²) in [6.07, 6.45) is 3.17. The van der Waals surface area contributed by atoms with Crippen LogP contribution in [0.15, 0.2) is 11.8 Å². The molecule has 0 aromatic heterocycles. The van der Waals surface area contributed by atoms with Gasteiger partial charge in [-0.05, 0) is 13.0 Å². The molecule has 0 radical (unpaired) electrons. The van der Waals surface area contributed by atoms with Crippen LogP contribution >= 0.6 is 12.6 Å². The lowest BCUT2D eigenvalue weighted by atomic mass is 10.4. The Hall–Kier alpha value is -0.150. The van der Waals surface area contributed by atoms with Crippen molar-refractivity contribution < 1.29 is 4.74 Å². The van der Waals surface area contributed by atoms with Gasteiger partial charge in [0.25, 0.3) is 0 Å². The van der Waals surface area contributed by atoms with E-state index in [1.807, 2.05) is 6.92 Å². The van der Waals surface area contributed by atoms with E-state index in [0.29, 0.717) is 0 Å². The molecule has 0 fully saturated rings. The molecule has 10 heavy (non-hydrogen) atoms. The first-order valence-electron chi connectivity index (χ1n) is 3.52. The van der Waals surface area contributed by atoms with Gasteiger partial charge in [0.1, 0.15) is 5.76 Å². The maximum Gasteiger partial charge on any atom is 0.106 e. The maximum absolute atomic E-state index is 5.27. The Balaban J connectivity index is 2.13. The highest BCUT2D eigenvalue weighted by Gasteiger charge is 2.04. The van der Waals surface area contributed by atoms with Crippen LogP contribution in [0.1, 0.15) is 13.3 Å². The van der Waals surface area contributed by atoms with E-state index >= 15 is 0 Å². The second-order valence-electron chi connectivity index (χ2n) is 2.36. The summed E-state index contributed by atoms with van der Waals surface area (Å²) >= 11 is 4.18. The quantitative estimate of drug-likeness (QED) is 0.476. The molecule has 0 bridgehead atoms. The zero-order valence-electron chi connectivity index (χ0n) is 6.13. The molecule has 1 N–H and O–H groups in total. The van der Waals surface area contributed by atoms with E-state index in [0.717, 1.165) is 25.3 Å². The fourth-order valence-corrected chi connectivity index (χ4v) is 0.932. The highest BCUT2D eigenvalue weighted by Crippen LogP contribution is 2.07. The van der Waals surface area contributed by atoms with E-state index in [1.165, 1.54) is 0 Å². The summed E-state index contributed by atoms with van der Waals surface area (Å²) in [5.74, 6) is 1.06. The van der Waals surface area contributed by atoms with Crippen molar-refractivity contribution in [3.05, 3.63) is 11.8 Å². The third-order valence-corrected chi connectivity index (χ3v) is 1.53. The lowest BCUT2D eigenvalue weighted by Crippen LogP contribution is -2.23. The van der Waals surface area contributed by atoms with Gasteiger partial charge in [0.2, 0.25) is 0 Å². The summed E-state index contributed by atoms with van der Waals surface area (Å²) in [6, 6.07) is 0. The van der Waals surface area contributed by atoms with Crippen LogP contribution in [0, 0.1) is 0 Å². The minimum absolute atomic E-state index is 0.241. The summed E-state index contributed by atoms with van der Waals surface area (Å²) < 4.78 is 5.27. The van der Waals surface area contributed by atoms with E-state index in [9.17, 15) is 0 Å². The van der Waals surface area contributed by atoms with Crippen molar-refractivity contribution in [2.75, 3.05) is 13.2 Å². The Labute approximate surface area is 67.1 Å². The summed E-state index contributed by atoms with van der Waals surface area (Å²) in [7, 11) is 0. The monoisotopic (exact) mass is 159 g/mol. The lowest BCUT2D eigenvalue weighted by Gasteiger charge is -2.07. The van der Waals surface area contributed by atoms with Crippen molar-refractivity contribution in [3.63, 3.8) is 0 Å². The molecule has 58 valence electrons. The number of nitrogens with one attached hydrogen (secondary N) is 1. The molecule has 0 spiro atoms. The van der Waals surface area contributed by atoms with Crippen LogP contribution in [0.5, 0.6) is 0 Å². The number of hydrogen-bond donors (Lipinski definition) is 2. The van der Waals surface area contributed by atoms with Gasteiger partial charge in [0, 0.05) is 11.8 Å². The highest BCUT2D eigenvalue weighted by atomic mass is 32.1. The minimum Gasteiger partial charge on any atom is -0.497 e. The van der Waals surface area contributed by atoms with Crippen LogP contribution in [-0.4, -0.2) is 18.5 Å². The van der Waals surface area contributed by atoms with Crippen molar-refractivity contribution in [2.45, 2.75) is 18.7 Å². The predicted molar refractivity (Wildman–Crippen MR) is 45.1 cm³/mol.